The van der Waals surface area contributed by atoms with Gasteiger partial charge in [0.25, 0.3) is 0 Å². The van der Waals surface area contributed by atoms with Crippen LogP contribution in [0.1, 0.15) is 17.2 Å². The van der Waals surface area contributed by atoms with Crippen LogP contribution in [0.4, 0.5) is 0 Å². The Balaban J connectivity index is 0.00000162. The molecular formula is C13H12Cl3NO. The molecule has 2 aromatic rings. The van der Waals surface area contributed by atoms with Gasteiger partial charge < -0.3 is 0 Å². The highest BCUT2D eigenvalue weighted by Crippen LogP contribution is 2.30. The SMILES string of the molecule is Cl.NOC(c1ccccc1)c1ccc(Cl)c(Cl)c1. The van der Waals surface area contributed by atoms with E-state index in [1.165, 1.54) is 0 Å². The molecule has 2 N–H and O–H groups in total. The molecular weight excluding hydrogens is 293 g/mol. The number of nitrogens with two attached hydrogens (primary N) is 1. The molecule has 0 aliphatic heterocycles. The molecule has 0 radical (unpaired) electrons. The van der Waals surface area contributed by atoms with Gasteiger partial charge in [0.2, 0.25) is 0 Å². The third-order valence-corrected chi connectivity index (χ3v) is 3.22. The van der Waals surface area contributed by atoms with E-state index in [-0.39, 0.29) is 18.5 Å². The van der Waals surface area contributed by atoms with E-state index in [0.29, 0.717) is 10.0 Å². The van der Waals surface area contributed by atoms with Crippen molar-refractivity contribution in [1.82, 2.24) is 0 Å². The molecule has 2 rings (SSSR count). The fourth-order valence-electron chi connectivity index (χ4n) is 1.65. The van der Waals surface area contributed by atoms with Gasteiger partial charge in [0, 0.05) is 0 Å². The van der Waals surface area contributed by atoms with Crippen LogP contribution in [0.5, 0.6) is 0 Å². The molecule has 0 aliphatic rings. The number of rotatable bonds is 3. The van der Waals surface area contributed by atoms with E-state index in [1.54, 1.807) is 12.1 Å². The number of benzene rings is 2. The first-order chi connectivity index (χ1) is 8.22. The van der Waals surface area contributed by atoms with E-state index in [9.17, 15) is 0 Å². The zero-order valence-electron chi connectivity index (χ0n) is 9.35. The second-order valence-electron chi connectivity index (χ2n) is 3.60. The third kappa shape index (κ3) is 3.37. The Labute approximate surface area is 122 Å². The maximum atomic E-state index is 5.97. The second kappa shape index (κ2) is 6.98. The van der Waals surface area contributed by atoms with Gasteiger partial charge in [0.05, 0.1) is 10.0 Å². The van der Waals surface area contributed by atoms with Crippen molar-refractivity contribution < 1.29 is 4.84 Å². The van der Waals surface area contributed by atoms with Crippen molar-refractivity contribution in [3.63, 3.8) is 0 Å². The van der Waals surface area contributed by atoms with Gasteiger partial charge in [0.15, 0.2) is 0 Å². The van der Waals surface area contributed by atoms with Crippen molar-refractivity contribution in [3.05, 3.63) is 69.7 Å². The van der Waals surface area contributed by atoms with Gasteiger partial charge in [-0.2, -0.15) is 0 Å². The lowest BCUT2D eigenvalue weighted by atomic mass is 10.0. The van der Waals surface area contributed by atoms with Crippen LogP contribution in [0.15, 0.2) is 48.5 Å². The van der Waals surface area contributed by atoms with Crippen LogP contribution in [-0.4, -0.2) is 0 Å². The summed E-state index contributed by atoms with van der Waals surface area (Å²) in [7, 11) is 0. The summed E-state index contributed by atoms with van der Waals surface area (Å²) in [5.41, 5.74) is 1.83. The molecule has 0 bridgehead atoms. The minimum absolute atomic E-state index is 0. The molecule has 96 valence electrons. The lowest BCUT2D eigenvalue weighted by Gasteiger charge is -2.15. The van der Waals surface area contributed by atoms with Crippen LogP contribution in [0.25, 0.3) is 0 Å². The van der Waals surface area contributed by atoms with Crippen LogP contribution in [0.3, 0.4) is 0 Å². The van der Waals surface area contributed by atoms with Gasteiger partial charge >= 0.3 is 0 Å². The quantitative estimate of drug-likeness (QED) is 0.853. The molecule has 0 saturated carbocycles. The van der Waals surface area contributed by atoms with Crippen molar-refractivity contribution in [2.75, 3.05) is 0 Å². The maximum absolute atomic E-state index is 5.97. The molecule has 1 unspecified atom stereocenters. The van der Waals surface area contributed by atoms with Crippen molar-refractivity contribution in [1.29, 1.82) is 0 Å². The van der Waals surface area contributed by atoms with Gasteiger partial charge in [-0.25, -0.2) is 5.90 Å². The van der Waals surface area contributed by atoms with Crippen molar-refractivity contribution in [2.45, 2.75) is 6.10 Å². The standard InChI is InChI=1S/C13H11Cl2NO.ClH/c14-11-7-6-10(8-12(11)15)13(17-16)9-4-2-1-3-5-9;/h1-8,13H,16H2;1H. The monoisotopic (exact) mass is 303 g/mol. The van der Waals surface area contributed by atoms with E-state index >= 15 is 0 Å². The topological polar surface area (TPSA) is 35.2 Å². The highest BCUT2D eigenvalue weighted by atomic mass is 35.5. The fraction of sp³-hybridized carbons (Fsp3) is 0.0769. The molecule has 2 aromatic carbocycles. The normalized spacial score (nSPS) is 11.7. The van der Waals surface area contributed by atoms with Gasteiger partial charge in [0.1, 0.15) is 6.10 Å². The molecule has 0 amide bonds. The zero-order valence-corrected chi connectivity index (χ0v) is 11.7. The first kappa shape index (κ1) is 15.3. The van der Waals surface area contributed by atoms with Crippen molar-refractivity contribution in [2.24, 2.45) is 5.90 Å². The highest BCUT2D eigenvalue weighted by Gasteiger charge is 2.14. The minimum Gasteiger partial charge on any atom is -0.292 e. The van der Waals surface area contributed by atoms with E-state index in [2.05, 4.69) is 0 Å². The molecule has 2 nitrogen and oxygen atoms in total. The predicted molar refractivity (Wildman–Crippen MR) is 77.3 cm³/mol. The zero-order chi connectivity index (χ0) is 12.3. The van der Waals surface area contributed by atoms with Crippen molar-refractivity contribution >= 4 is 35.6 Å². The molecule has 1 atom stereocenters. The summed E-state index contributed by atoms with van der Waals surface area (Å²) in [6, 6.07) is 15.0. The van der Waals surface area contributed by atoms with Crippen LogP contribution in [-0.2, 0) is 4.84 Å². The Morgan fingerprint density at radius 2 is 1.56 bits per heavy atom. The van der Waals surface area contributed by atoms with Crippen LogP contribution in [0.2, 0.25) is 10.0 Å². The Morgan fingerprint density at radius 1 is 0.889 bits per heavy atom. The summed E-state index contributed by atoms with van der Waals surface area (Å²) in [5.74, 6) is 5.35. The second-order valence-corrected chi connectivity index (χ2v) is 4.41. The summed E-state index contributed by atoms with van der Waals surface area (Å²) >= 11 is 11.8. The summed E-state index contributed by atoms with van der Waals surface area (Å²) in [4.78, 5) is 5.02. The first-order valence-corrected chi connectivity index (χ1v) is 5.83. The summed E-state index contributed by atoms with van der Waals surface area (Å²) < 4.78 is 0. The smallest absolute Gasteiger partial charge is 0.129 e. The third-order valence-electron chi connectivity index (χ3n) is 2.48. The Bertz CT molecular complexity index is 505. The number of hydrogen-bond donors (Lipinski definition) is 1. The van der Waals surface area contributed by atoms with E-state index in [4.69, 9.17) is 33.9 Å². The van der Waals surface area contributed by atoms with E-state index in [1.807, 2.05) is 36.4 Å². The van der Waals surface area contributed by atoms with Gasteiger partial charge in [-0.15, -0.1) is 12.4 Å². The largest absolute Gasteiger partial charge is 0.292 e. The molecule has 0 aliphatic carbocycles. The lowest BCUT2D eigenvalue weighted by Crippen LogP contribution is -2.10. The van der Waals surface area contributed by atoms with E-state index in [0.717, 1.165) is 11.1 Å². The highest BCUT2D eigenvalue weighted by molar-refractivity contribution is 6.42. The molecule has 0 heterocycles. The lowest BCUT2D eigenvalue weighted by molar-refractivity contribution is 0.0813. The Morgan fingerprint density at radius 3 is 2.11 bits per heavy atom. The van der Waals surface area contributed by atoms with Crippen LogP contribution >= 0.6 is 35.6 Å². The molecule has 5 heteroatoms. The first-order valence-electron chi connectivity index (χ1n) is 5.08. The summed E-state index contributed by atoms with van der Waals surface area (Å²) in [5, 5.41) is 1.00. The Kier molecular flexibility index (Phi) is 5.93. The average molecular weight is 305 g/mol. The van der Waals surface area contributed by atoms with Crippen LogP contribution < -0.4 is 5.90 Å². The summed E-state index contributed by atoms with van der Waals surface area (Å²) in [6.45, 7) is 0. The molecule has 0 saturated heterocycles. The summed E-state index contributed by atoms with van der Waals surface area (Å²) in [6.07, 6.45) is -0.342. The van der Waals surface area contributed by atoms with Gasteiger partial charge in [-0.05, 0) is 23.3 Å². The minimum atomic E-state index is -0.342. The molecule has 18 heavy (non-hydrogen) atoms. The van der Waals surface area contributed by atoms with Gasteiger partial charge in [-0.1, -0.05) is 59.6 Å². The predicted octanol–water partition coefficient (Wildman–Crippen LogP) is 4.39. The Hall–Kier alpha value is -0.770. The van der Waals surface area contributed by atoms with Gasteiger partial charge in [-0.3, -0.25) is 4.84 Å². The van der Waals surface area contributed by atoms with Crippen molar-refractivity contribution in [3.8, 4) is 0 Å². The maximum Gasteiger partial charge on any atom is 0.129 e. The fourth-order valence-corrected chi connectivity index (χ4v) is 1.96. The molecule has 0 fully saturated rings. The van der Waals surface area contributed by atoms with E-state index < -0.39 is 0 Å². The van der Waals surface area contributed by atoms with Crippen LogP contribution in [0, 0.1) is 0 Å². The number of hydrogen-bond acceptors (Lipinski definition) is 2. The molecule has 0 aromatic heterocycles. The molecule has 0 spiro atoms. The number of halogens is 3. The average Bonchev–Trinajstić information content (AvgIpc) is 2.36.